The minimum absolute atomic E-state index is 0.00256. The Morgan fingerprint density at radius 1 is 1.46 bits per heavy atom. The quantitative estimate of drug-likeness (QED) is 0.503. The highest BCUT2D eigenvalue weighted by molar-refractivity contribution is 5.92. The van der Waals surface area contributed by atoms with Crippen LogP contribution in [0.1, 0.15) is 18.4 Å². The molecule has 1 N–H and O–H groups in total. The molecular weight excluding hydrogens is 310 g/mol. The van der Waals surface area contributed by atoms with Crippen molar-refractivity contribution >= 4 is 17.7 Å². The third-order valence-corrected chi connectivity index (χ3v) is 4.51. The van der Waals surface area contributed by atoms with Crippen molar-refractivity contribution in [3.63, 3.8) is 0 Å². The molecule has 2 saturated heterocycles. The third kappa shape index (κ3) is 3.98. The van der Waals surface area contributed by atoms with Gasteiger partial charge >= 0.3 is 0 Å². The van der Waals surface area contributed by atoms with E-state index in [1.807, 2.05) is 0 Å². The van der Waals surface area contributed by atoms with E-state index in [0.717, 1.165) is 19.7 Å². The molecule has 3 rings (SSSR count). The number of ether oxygens (including phenoxy) is 1. The molecule has 2 atom stereocenters. The molecule has 7 heteroatoms. The first-order chi connectivity index (χ1) is 11.6. The van der Waals surface area contributed by atoms with Crippen molar-refractivity contribution in [3.05, 3.63) is 46.0 Å². The molecule has 2 aliphatic heterocycles. The number of nitro groups is 1. The molecule has 0 saturated carbocycles. The Labute approximate surface area is 140 Å². The van der Waals surface area contributed by atoms with Gasteiger partial charge in [-0.2, -0.15) is 0 Å². The van der Waals surface area contributed by atoms with Crippen LogP contribution in [0.5, 0.6) is 0 Å². The molecule has 0 unspecified atom stereocenters. The Hall–Kier alpha value is -2.25. The predicted octanol–water partition coefficient (Wildman–Crippen LogP) is 1.59. The highest BCUT2D eigenvalue weighted by Crippen LogP contribution is 2.22. The van der Waals surface area contributed by atoms with E-state index < -0.39 is 4.92 Å². The number of nitro benzene ring substituents is 1. The fourth-order valence-corrected chi connectivity index (χ4v) is 3.24. The van der Waals surface area contributed by atoms with E-state index in [2.05, 4.69) is 10.2 Å². The van der Waals surface area contributed by atoms with Crippen LogP contribution in [0.4, 0.5) is 5.69 Å². The van der Waals surface area contributed by atoms with Crippen LogP contribution in [0, 0.1) is 10.1 Å². The summed E-state index contributed by atoms with van der Waals surface area (Å²) in [4.78, 5) is 24.8. The summed E-state index contributed by atoms with van der Waals surface area (Å²) in [6.45, 7) is 3.13. The van der Waals surface area contributed by atoms with Crippen LogP contribution in [0.15, 0.2) is 30.3 Å². The number of fused-ring (bicyclic) bond motifs is 1. The van der Waals surface area contributed by atoms with Gasteiger partial charge in [-0.3, -0.25) is 19.8 Å². The molecule has 0 aliphatic carbocycles. The van der Waals surface area contributed by atoms with E-state index in [-0.39, 0.29) is 17.7 Å². The summed E-state index contributed by atoms with van der Waals surface area (Å²) in [5, 5.41) is 13.7. The van der Waals surface area contributed by atoms with Crippen molar-refractivity contribution in [1.82, 2.24) is 10.2 Å². The second-order valence-corrected chi connectivity index (χ2v) is 6.14. The average molecular weight is 331 g/mol. The zero-order valence-corrected chi connectivity index (χ0v) is 13.4. The maximum atomic E-state index is 11.9. The van der Waals surface area contributed by atoms with Gasteiger partial charge < -0.3 is 10.1 Å². The van der Waals surface area contributed by atoms with Gasteiger partial charge in [0.15, 0.2) is 0 Å². The minimum atomic E-state index is -0.458. The predicted molar refractivity (Wildman–Crippen MR) is 89.5 cm³/mol. The normalized spacial score (nSPS) is 24.0. The van der Waals surface area contributed by atoms with Crippen LogP contribution < -0.4 is 5.32 Å². The first-order valence-corrected chi connectivity index (χ1v) is 8.18. The summed E-state index contributed by atoms with van der Waals surface area (Å²) in [5.74, 6) is -0.278. The van der Waals surface area contributed by atoms with E-state index in [1.54, 1.807) is 18.2 Å². The van der Waals surface area contributed by atoms with Crippen molar-refractivity contribution in [2.45, 2.75) is 25.0 Å². The number of carbonyl (C=O) groups excluding carboxylic acids is 1. The lowest BCUT2D eigenvalue weighted by Gasteiger charge is -2.35. The number of benzene rings is 1. The Kier molecular flexibility index (Phi) is 5.22. The van der Waals surface area contributed by atoms with E-state index in [4.69, 9.17) is 4.74 Å². The minimum Gasteiger partial charge on any atom is -0.373 e. The number of hydrogen-bond donors (Lipinski definition) is 1. The number of rotatable bonds is 5. The Bertz CT molecular complexity index is 646. The molecule has 1 aromatic rings. The SMILES string of the molecule is O=C(/C=C\c1ccccc1[N+](=O)[O-])NC[C@@H]1CN2CCC[C@H]2CO1. The molecule has 0 radical (unpaired) electrons. The van der Waals surface area contributed by atoms with Crippen molar-refractivity contribution in [2.75, 3.05) is 26.2 Å². The first kappa shape index (κ1) is 16.6. The van der Waals surface area contributed by atoms with E-state index in [9.17, 15) is 14.9 Å². The lowest BCUT2D eigenvalue weighted by Crippen LogP contribution is -2.49. The van der Waals surface area contributed by atoms with E-state index >= 15 is 0 Å². The summed E-state index contributed by atoms with van der Waals surface area (Å²) in [6.07, 6.45) is 5.20. The lowest BCUT2D eigenvalue weighted by atomic mass is 10.1. The van der Waals surface area contributed by atoms with Crippen molar-refractivity contribution in [1.29, 1.82) is 0 Å². The maximum absolute atomic E-state index is 11.9. The highest BCUT2D eigenvalue weighted by atomic mass is 16.6. The number of para-hydroxylation sites is 1. The van der Waals surface area contributed by atoms with Crippen molar-refractivity contribution < 1.29 is 14.5 Å². The van der Waals surface area contributed by atoms with Crippen LogP contribution in [0.2, 0.25) is 0 Å². The largest absolute Gasteiger partial charge is 0.373 e. The highest BCUT2D eigenvalue weighted by Gasteiger charge is 2.32. The van der Waals surface area contributed by atoms with Crippen molar-refractivity contribution in [3.8, 4) is 0 Å². The number of nitrogens with zero attached hydrogens (tertiary/aromatic N) is 2. The average Bonchev–Trinajstić information content (AvgIpc) is 3.06. The van der Waals surface area contributed by atoms with Crippen molar-refractivity contribution in [2.24, 2.45) is 0 Å². The Morgan fingerprint density at radius 2 is 2.29 bits per heavy atom. The van der Waals surface area contributed by atoms with Gasteiger partial charge in [0.25, 0.3) is 5.69 Å². The standard InChI is InChI=1S/C17H21N3O4/c21-17(8-7-13-4-1-2-6-16(13)20(22)23)18-10-15-11-19-9-3-5-14(19)12-24-15/h1-2,4,6-8,14-15H,3,5,9-12H2,(H,18,21)/b8-7-/t14-,15+/m0/s1. The van der Waals surface area contributed by atoms with Gasteiger partial charge in [0.2, 0.25) is 5.91 Å². The summed E-state index contributed by atoms with van der Waals surface area (Å²) in [6, 6.07) is 6.86. The molecular formula is C17H21N3O4. The maximum Gasteiger partial charge on any atom is 0.276 e. The zero-order chi connectivity index (χ0) is 16.9. The summed E-state index contributed by atoms with van der Waals surface area (Å²) in [7, 11) is 0. The molecule has 2 fully saturated rings. The molecule has 1 amide bonds. The second kappa shape index (κ2) is 7.55. The summed E-state index contributed by atoms with van der Waals surface area (Å²) >= 11 is 0. The molecule has 24 heavy (non-hydrogen) atoms. The number of nitrogens with one attached hydrogen (secondary N) is 1. The Morgan fingerprint density at radius 3 is 3.12 bits per heavy atom. The molecule has 2 heterocycles. The van der Waals surface area contributed by atoms with Gasteiger partial charge in [0.05, 0.1) is 23.2 Å². The molecule has 1 aromatic carbocycles. The van der Waals surface area contributed by atoms with Crippen LogP contribution in [-0.2, 0) is 9.53 Å². The topological polar surface area (TPSA) is 84.7 Å². The number of carbonyl (C=O) groups is 1. The monoisotopic (exact) mass is 331 g/mol. The molecule has 0 aromatic heterocycles. The Balaban J connectivity index is 1.50. The molecule has 7 nitrogen and oxygen atoms in total. The van der Waals surface area contributed by atoms with Crippen LogP contribution in [-0.4, -0.2) is 54.1 Å². The van der Waals surface area contributed by atoms with Gasteiger partial charge in [0.1, 0.15) is 0 Å². The number of hydrogen-bond acceptors (Lipinski definition) is 5. The van der Waals surface area contributed by atoms with Gasteiger partial charge in [0, 0.05) is 31.3 Å². The molecule has 2 aliphatic rings. The summed E-state index contributed by atoms with van der Waals surface area (Å²) in [5.41, 5.74) is 0.392. The zero-order valence-electron chi connectivity index (χ0n) is 13.4. The first-order valence-electron chi connectivity index (χ1n) is 8.18. The molecule has 128 valence electrons. The fraction of sp³-hybridized carbons (Fsp3) is 0.471. The number of amides is 1. The molecule has 0 spiro atoms. The summed E-state index contributed by atoms with van der Waals surface area (Å²) < 4.78 is 5.79. The smallest absolute Gasteiger partial charge is 0.276 e. The van der Waals surface area contributed by atoms with E-state index in [0.29, 0.717) is 18.2 Å². The lowest BCUT2D eigenvalue weighted by molar-refractivity contribution is -0.385. The van der Waals surface area contributed by atoms with Crippen LogP contribution >= 0.6 is 0 Å². The van der Waals surface area contributed by atoms with Crippen LogP contribution in [0.25, 0.3) is 6.08 Å². The fourth-order valence-electron chi connectivity index (χ4n) is 3.24. The van der Waals surface area contributed by atoms with Gasteiger partial charge in [-0.05, 0) is 31.5 Å². The van der Waals surface area contributed by atoms with E-state index in [1.165, 1.54) is 31.1 Å². The van der Waals surface area contributed by atoms with Gasteiger partial charge in [-0.1, -0.05) is 12.1 Å². The number of morpholine rings is 1. The van der Waals surface area contributed by atoms with Gasteiger partial charge in [-0.25, -0.2) is 0 Å². The third-order valence-electron chi connectivity index (χ3n) is 4.51. The van der Waals surface area contributed by atoms with Crippen LogP contribution in [0.3, 0.4) is 0 Å². The molecule has 0 bridgehead atoms. The second-order valence-electron chi connectivity index (χ2n) is 6.14. The van der Waals surface area contributed by atoms with Gasteiger partial charge in [-0.15, -0.1) is 0 Å².